The molecule has 0 aliphatic carbocycles. The second-order valence-electron chi connectivity index (χ2n) is 7.56. The number of methoxy groups -OCH3 is 1. The molecule has 0 saturated carbocycles. The molecule has 0 unspecified atom stereocenters. The lowest BCUT2D eigenvalue weighted by Crippen LogP contribution is -2.43. The molecule has 0 aromatic heterocycles. The molecule has 33 heavy (non-hydrogen) atoms. The van der Waals surface area contributed by atoms with Crippen molar-refractivity contribution < 1.29 is 33.5 Å². The van der Waals surface area contributed by atoms with Crippen LogP contribution in [0.2, 0.25) is 0 Å². The van der Waals surface area contributed by atoms with Crippen molar-refractivity contribution in [2.45, 2.75) is 18.7 Å². The molecule has 2 aromatic rings. The normalized spacial score (nSPS) is 18.9. The lowest BCUT2D eigenvalue weighted by molar-refractivity contribution is -0.141. The molecule has 3 amide bonds. The first-order valence-electron chi connectivity index (χ1n) is 10.6. The van der Waals surface area contributed by atoms with Crippen LogP contribution in [-0.4, -0.2) is 62.7 Å². The van der Waals surface area contributed by atoms with Crippen LogP contribution < -0.4 is 10.2 Å². The van der Waals surface area contributed by atoms with Crippen LogP contribution in [0.15, 0.2) is 48.5 Å². The van der Waals surface area contributed by atoms with Crippen molar-refractivity contribution >= 4 is 11.9 Å². The zero-order valence-corrected chi connectivity index (χ0v) is 18.6. The average Bonchev–Trinajstić information content (AvgIpc) is 3.11. The topological polar surface area (TPSA) is 98.8 Å². The average molecular weight is 457 g/mol. The first-order valence-corrected chi connectivity index (χ1v) is 10.6. The van der Waals surface area contributed by atoms with Crippen molar-refractivity contribution in [2.75, 3.05) is 40.8 Å². The number of hydrogen-bond donors (Lipinski definition) is 1. The van der Waals surface area contributed by atoms with Gasteiger partial charge < -0.3 is 19.1 Å². The summed E-state index contributed by atoms with van der Waals surface area (Å²) in [6.07, 6.45) is 0. The van der Waals surface area contributed by atoms with Crippen molar-refractivity contribution in [3.05, 3.63) is 65.2 Å². The smallest absolute Gasteiger partial charge is 0.345 e. The molecular weight excluding hydrogens is 430 g/mol. The van der Waals surface area contributed by atoms with E-state index in [4.69, 9.17) is 23.9 Å². The number of benzene rings is 2. The van der Waals surface area contributed by atoms with Gasteiger partial charge in [0.15, 0.2) is 6.79 Å². The second-order valence-corrected chi connectivity index (χ2v) is 7.56. The van der Waals surface area contributed by atoms with Crippen LogP contribution in [0.5, 0.6) is 5.75 Å². The summed E-state index contributed by atoms with van der Waals surface area (Å²) < 4.78 is 16.0. The first-order chi connectivity index (χ1) is 16.1. The number of ether oxygens (including phenoxy) is 3. The Kier molecular flexibility index (Phi) is 7.40. The predicted molar refractivity (Wildman–Crippen MR) is 116 cm³/mol. The summed E-state index contributed by atoms with van der Waals surface area (Å²) in [7, 11) is 2.95. The maximum Gasteiger partial charge on any atom is 0.345 e. The van der Waals surface area contributed by atoms with Gasteiger partial charge in [0, 0.05) is 7.11 Å². The molecule has 2 heterocycles. The van der Waals surface area contributed by atoms with Gasteiger partial charge in [-0.2, -0.15) is 5.06 Å². The highest BCUT2D eigenvalue weighted by Crippen LogP contribution is 2.45. The lowest BCUT2D eigenvalue weighted by atomic mass is 9.90. The Balaban J connectivity index is 1.57. The molecule has 1 saturated heterocycles. The van der Waals surface area contributed by atoms with Gasteiger partial charge in [-0.05, 0) is 28.8 Å². The minimum atomic E-state index is -0.846. The number of hydrogen-bond acceptors (Lipinski definition) is 7. The van der Waals surface area contributed by atoms with Gasteiger partial charge in [-0.3, -0.25) is 14.5 Å². The van der Waals surface area contributed by atoms with Crippen LogP contribution in [0.25, 0.3) is 0 Å². The van der Waals surface area contributed by atoms with Crippen LogP contribution in [0.3, 0.4) is 0 Å². The largest absolute Gasteiger partial charge is 0.468 e. The van der Waals surface area contributed by atoms with Crippen LogP contribution in [0.4, 0.5) is 4.79 Å². The maximum atomic E-state index is 13.2. The van der Waals surface area contributed by atoms with E-state index in [0.29, 0.717) is 31.1 Å². The Morgan fingerprint density at radius 3 is 2.67 bits per heavy atom. The molecule has 0 radical (unpaired) electrons. The number of fused-ring (bicyclic) bond motifs is 4. The minimum Gasteiger partial charge on any atom is -0.468 e. The summed E-state index contributed by atoms with van der Waals surface area (Å²) in [5.41, 5.74) is 4.74. The van der Waals surface area contributed by atoms with Gasteiger partial charge in [0.05, 0.1) is 26.9 Å². The summed E-state index contributed by atoms with van der Waals surface area (Å²) in [5, 5.41) is 1.34. The van der Waals surface area contributed by atoms with E-state index in [9.17, 15) is 9.59 Å². The third-order valence-electron chi connectivity index (χ3n) is 5.52. The van der Waals surface area contributed by atoms with Crippen LogP contribution in [-0.2, 0) is 30.6 Å². The van der Waals surface area contributed by atoms with Gasteiger partial charge in [0.2, 0.25) is 0 Å². The fraction of sp³-hybridized carbons (Fsp3) is 0.391. The van der Waals surface area contributed by atoms with Gasteiger partial charge in [-0.1, -0.05) is 36.4 Å². The molecule has 2 aliphatic heterocycles. The molecule has 2 aromatic carbocycles. The van der Waals surface area contributed by atoms with Crippen LogP contribution in [0, 0.1) is 0 Å². The summed E-state index contributed by atoms with van der Waals surface area (Å²) in [6.45, 7) is 1.46. The van der Waals surface area contributed by atoms with E-state index in [0.717, 1.165) is 11.1 Å². The van der Waals surface area contributed by atoms with Crippen LogP contribution in [0.1, 0.15) is 28.8 Å². The molecule has 4 rings (SSSR count). The number of amides is 3. The molecule has 10 heteroatoms. The monoisotopic (exact) mass is 457 g/mol. The van der Waals surface area contributed by atoms with Crippen molar-refractivity contribution in [3.63, 3.8) is 0 Å². The number of carbonyl (C=O) groups is 2. The summed E-state index contributed by atoms with van der Waals surface area (Å²) in [4.78, 5) is 38.2. The number of urea groups is 1. The Morgan fingerprint density at radius 2 is 1.91 bits per heavy atom. The molecule has 2 atom stereocenters. The van der Waals surface area contributed by atoms with Crippen LogP contribution >= 0.6 is 0 Å². The lowest BCUT2D eigenvalue weighted by Gasteiger charge is -2.31. The Hall–Kier alpha value is -3.18. The van der Waals surface area contributed by atoms with Gasteiger partial charge in [0.25, 0.3) is 5.91 Å². The molecular formula is C23H27N3O7. The number of carbonyl (C=O) groups excluding carboxylic acids is 2. The van der Waals surface area contributed by atoms with Crippen molar-refractivity contribution in [3.8, 4) is 5.75 Å². The van der Waals surface area contributed by atoms with Gasteiger partial charge in [-0.25, -0.2) is 10.3 Å². The van der Waals surface area contributed by atoms with E-state index in [2.05, 4.69) is 5.48 Å². The Morgan fingerprint density at radius 1 is 1.09 bits per heavy atom. The predicted octanol–water partition coefficient (Wildman–Crippen LogP) is 2.33. The van der Waals surface area contributed by atoms with Gasteiger partial charge in [0.1, 0.15) is 24.4 Å². The minimum absolute atomic E-state index is 0.0552. The SMILES string of the molecule is COCCOCOc1ccc2c(c1)[C@H]1CN(C(=O)N1OCc1ccccc1)[C@H]2C(=O)NOC. The van der Waals surface area contributed by atoms with Gasteiger partial charge >= 0.3 is 6.03 Å². The number of hydroxylamine groups is 3. The van der Waals surface area contributed by atoms with E-state index in [1.807, 2.05) is 36.4 Å². The van der Waals surface area contributed by atoms with Crippen molar-refractivity contribution in [1.82, 2.24) is 15.4 Å². The molecule has 10 nitrogen and oxygen atoms in total. The highest BCUT2D eigenvalue weighted by atomic mass is 16.7. The fourth-order valence-electron chi connectivity index (χ4n) is 4.00. The van der Waals surface area contributed by atoms with Crippen molar-refractivity contribution in [1.29, 1.82) is 0 Å². The first kappa shape index (κ1) is 23.0. The third kappa shape index (κ3) is 4.93. The number of rotatable bonds is 11. The zero-order chi connectivity index (χ0) is 23.2. The molecule has 2 bridgehead atoms. The van der Waals surface area contributed by atoms with E-state index in [1.54, 1.807) is 19.2 Å². The van der Waals surface area contributed by atoms with Crippen molar-refractivity contribution in [2.24, 2.45) is 0 Å². The number of nitrogens with one attached hydrogen (secondary N) is 1. The molecule has 1 N–H and O–H groups in total. The van der Waals surface area contributed by atoms with E-state index >= 15 is 0 Å². The maximum absolute atomic E-state index is 13.2. The van der Waals surface area contributed by atoms with E-state index < -0.39 is 11.9 Å². The quantitative estimate of drug-likeness (QED) is 0.314. The zero-order valence-electron chi connectivity index (χ0n) is 18.6. The number of nitrogens with zero attached hydrogens (tertiary/aromatic N) is 2. The molecule has 0 spiro atoms. The van der Waals surface area contributed by atoms with Gasteiger partial charge in [-0.15, -0.1) is 0 Å². The molecule has 1 fully saturated rings. The summed E-state index contributed by atoms with van der Waals surface area (Å²) in [5.74, 6) is 0.125. The second kappa shape index (κ2) is 10.6. The fourth-order valence-corrected chi connectivity index (χ4v) is 4.00. The standard InChI is InChI=1S/C23H27N3O7/c1-29-10-11-31-15-32-17-8-9-18-19(12-17)20-13-25(21(18)22(27)24-30-2)23(28)26(20)33-14-16-6-4-3-5-7-16/h3-9,12,20-21H,10-11,13-15H2,1-2H3,(H,24,27)/t20-,21-/m1/s1. The summed E-state index contributed by atoms with van der Waals surface area (Å²) >= 11 is 0. The summed E-state index contributed by atoms with van der Waals surface area (Å²) in [6, 6.07) is 13.3. The highest BCUT2D eigenvalue weighted by Gasteiger charge is 2.51. The highest BCUT2D eigenvalue weighted by molar-refractivity contribution is 5.90. The third-order valence-corrected chi connectivity index (χ3v) is 5.52. The molecule has 2 aliphatic rings. The van der Waals surface area contributed by atoms with E-state index in [-0.39, 0.29) is 25.5 Å². The Bertz CT molecular complexity index is 972. The molecule has 176 valence electrons. The van der Waals surface area contributed by atoms with E-state index in [1.165, 1.54) is 17.1 Å². The Labute approximate surface area is 191 Å².